The number of fused-ring (bicyclic) bond motifs is 1. The van der Waals surface area contributed by atoms with Crippen molar-refractivity contribution in [1.82, 2.24) is 14.8 Å². The Kier molecular flexibility index (Phi) is 4.49. The Morgan fingerprint density at radius 2 is 1.76 bits per heavy atom. The fourth-order valence-corrected chi connectivity index (χ4v) is 3.80. The van der Waals surface area contributed by atoms with Gasteiger partial charge in [0.05, 0.1) is 27.4 Å². The van der Waals surface area contributed by atoms with E-state index in [4.69, 9.17) is 28.3 Å². The van der Waals surface area contributed by atoms with Crippen molar-refractivity contribution in [3.8, 4) is 5.69 Å². The number of anilines is 1. The number of benzene rings is 2. The predicted molar refractivity (Wildman–Crippen MR) is 115 cm³/mol. The number of aromatic nitrogens is 3. The predicted octanol–water partition coefficient (Wildman–Crippen LogP) is 5.86. The van der Waals surface area contributed by atoms with Gasteiger partial charge in [0.25, 0.3) is 5.91 Å². The van der Waals surface area contributed by atoms with Crippen molar-refractivity contribution in [2.24, 2.45) is 0 Å². The molecule has 1 amide bonds. The van der Waals surface area contributed by atoms with Crippen LogP contribution >= 0.6 is 23.2 Å². The Balaban J connectivity index is 1.60. The average Bonchev–Trinajstić information content (AvgIpc) is 3.51. The second kappa shape index (κ2) is 7.17. The van der Waals surface area contributed by atoms with Gasteiger partial charge in [-0.25, -0.2) is 9.67 Å². The molecule has 1 fully saturated rings. The highest BCUT2D eigenvalue weighted by molar-refractivity contribution is 6.39. The largest absolute Gasteiger partial charge is 0.322 e. The third kappa shape index (κ3) is 3.37. The summed E-state index contributed by atoms with van der Waals surface area (Å²) in [6.45, 7) is 0. The molecule has 144 valence electrons. The summed E-state index contributed by atoms with van der Waals surface area (Å²) in [5, 5.41) is 9.38. The number of hydrogen-bond acceptors (Lipinski definition) is 3. The molecule has 1 aliphatic rings. The maximum absolute atomic E-state index is 12.8. The van der Waals surface area contributed by atoms with Crippen LogP contribution in [0.2, 0.25) is 10.0 Å². The van der Waals surface area contributed by atoms with Gasteiger partial charge in [0.1, 0.15) is 0 Å². The summed E-state index contributed by atoms with van der Waals surface area (Å²) in [6.07, 6.45) is 3.64. The lowest BCUT2D eigenvalue weighted by molar-refractivity contribution is 0.102. The van der Waals surface area contributed by atoms with Gasteiger partial charge in [0.2, 0.25) is 0 Å². The molecule has 1 N–H and O–H groups in total. The molecule has 1 aliphatic carbocycles. The minimum absolute atomic E-state index is 0.319. The normalized spacial score (nSPS) is 13.6. The lowest BCUT2D eigenvalue weighted by atomic mass is 10.1. The molecule has 5 rings (SSSR count). The summed E-state index contributed by atoms with van der Waals surface area (Å²) in [4.78, 5) is 17.4. The molecular formula is C22H16Cl2N4O. The molecule has 0 spiro atoms. The van der Waals surface area contributed by atoms with Gasteiger partial charge < -0.3 is 5.32 Å². The Morgan fingerprint density at radius 3 is 2.45 bits per heavy atom. The van der Waals surface area contributed by atoms with E-state index in [1.54, 1.807) is 28.9 Å². The van der Waals surface area contributed by atoms with Crippen LogP contribution in [0.5, 0.6) is 0 Å². The second-order valence-electron chi connectivity index (χ2n) is 7.05. The van der Waals surface area contributed by atoms with Gasteiger partial charge in [-0.2, -0.15) is 5.10 Å². The summed E-state index contributed by atoms with van der Waals surface area (Å²) in [5.74, 6) is 0.0391. The molecule has 0 atom stereocenters. The van der Waals surface area contributed by atoms with Crippen LogP contribution in [-0.4, -0.2) is 20.7 Å². The number of carbonyl (C=O) groups excluding carboxylic acids is 1. The van der Waals surface area contributed by atoms with Crippen LogP contribution in [0.3, 0.4) is 0 Å². The molecule has 2 aromatic heterocycles. The molecule has 29 heavy (non-hydrogen) atoms. The van der Waals surface area contributed by atoms with Crippen molar-refractivity contribution in [3.63, 3.8) is 0 Å². The van der Waals surface area contributed by atoms with Crippen molar-refractivity contribution >= 4 is 45.8 Å². The Morgan fingerprint density at radius 1 is 1.03 bits per heavy atom. The Bertz CT molecular complexity index is 1220. The molecule has 2 heterocycles. The Labute approximate surface area is 177 Å². The summed E-state index contributed by atoms with van der Waals surface area (Å²) < 4.78 is 1.80. The van der Waals surface area contributed by atoms with E-state index < -0.39 is 0 Å². The fourth-order valence-electron chi connectivity index (χ4n) is 3.35. The van der Waals surface area contributed by atoms with Gasteiger partial charge in [-0.1, -0.05) is 41.4 Å². The van der Waals surface area contributed by atoms with Gasteiger partial charge in [0, 0.05) is 22.8 Å². The van der Waals surface area contributed by atoms with Gasteiger partial charge in [-0.3, -0.25) is 4.79 Å². The van der Waals surface area contributed by atoms with Gasteiger partial charge >= 0.3 is 0 Å². The molecular weight excluding hydrogens is 407 g/mol. The maximum atomic E-state index is 12.8. The number of amides is 1. The molecule has 0 unspecified atom stereocenters. The van der Waals surface area contributed by atoms with E-state index in [-0.39, 0.29) is 5.91 Å². The van der Waals surface area contributed by atoms with Gasteiger partial charge in [-0.05, 0) is 49.2 Å². The summed E-state index contributed by atoms with van der Waals surface area (Å²) in [7, 11) is 0. The zero-order valence-electron chi connectivity index (χ0n) is 15.3. The first-order chi connectivity index (χ1) is 14.1. The molecule has 2 aromatic carbocycles. The molecule has 7 heteroatoms. The van der Waals surface area contributed by atoms with Gasteiger partial charge in [0.15, 0.2) is 5.65 Å². The third-order valence-corrected chi connectivity index (χ3v) is 5.62. The van der Waals surface area contributed by atoms with Crippen LogP contribution in [0, 0.1) is 0 Å². The van der Waals surface area contributed by atoms with Crippen LogP contribution in [-0.2, 0) is 0 Å². The fraction of sp³-hybridized carbons (Fsp3) is 0.136. The highest BCUT2D eigenvalue weighted by atomic mass is 35.5. The smallest absolute Gasteiger partial charge is 0.258 e. The van der Waals surface area contributed by atoms with Crippen LogP contribution in [0.4, 0.5) is 5.69 Å². The zero-order chi connectivity index (χ0) is 20.0. The number of carbonyl (C=O) groups is 1. The van der Waals surface area contributed by atoms with Gasteiger partial charge in [-0.15, -0.1) is 0 Å². The standard InChI is InChI=1S/C22H16Cl2N4O/c23-14-8-10-15(11-9-14)26-22(29)17-12-25-21-18(19(17)24)20(13-6-7-13)27-28(21)16-4-2-1-3-5-16/h1-5,8-13H,6-7H2,(H,26,29). The topological polar surface area (TPSA) is 59.8 Å². The van der Waals surface area contributed by atoms with E-state index >= 15 is 0 Å². The number of para-hydroxylation sites is 1. The number of pyridine rings is 1. The number of nitrogens with one attached hydrogen (secondary N) is 1. The van der Waals surface area contributed by atoms with Crippen molar-refractivity contribution < 1.29 is 4.79 Å². The minimum Gasteiger partial charge on any atom is -0.322 e. The summed E-state index contributed by atoms with van der Waals surface area (Å²) in [6, 6.07) is 16.7. The third-order valence-electron chi connectivity index (χ3n) is 4.97. The number of hydrogen-bond donors (Lipinski definition) is 1. The lowest BCUT2D eigenvalue weighted by Gasteiger charge is -2.08. The van der Waals surface area contributed by atoms with Crippen molar-refractivity contribution in [3.05, 3.63) is 82.1 Å². The van der Waals surface area contributed by atoms with E-state index in [9.17, 15) is 4.79 Å². The van der Waals surface area contributed by atoms with Crippen molar-refractivity contribution in [2.75, 3.05) is 5.32 Å². The monoisotopic (exact) mass is 422 g/mol. The molecule has 1 saturated carbocycles. The number of rotatable bonds is 4. The van der Waals surface area contributed by atoms with E-state index in [1.807, 2.05) is 30.3 Å². The number of nitrogens with zero attached hydrogens (tertiary/aromatic N) is 3. The first-order valence-electron chi connectivity index (χ1n) is 9.31. The van der Waals surface area contributed by atoms with E-state index in [0.29, 0.717) is 32.9 Å². The molecule has 0 bridgehead atoms. The quantitative estimate of drug-likeness (QED) is 0.448. The van der Waals surface area contributed by atoms with Crippen LogP contribution in [0.1, 0.15) is 34.8 Å². The first kappa shape index (κ1) is 18.2. The molecule has 0 aliphatic heterocycles. The lowest BCUT2D eigenvalue weighted by Crippen LogP contribution is -2.13. The second-order valence-corrected chi connectivity index (χ2v) is 7.87. The van der Waals surface area contributed by atoms with Crippen LogP contribution in [0.25, 0.3) is 16.7 Å². The highest BCUT2D eigenvalue weighted by Gasteiger charge is 2.32. The first-order valence-corrected chi connectivity index (χ1v) is 10.1. The van der Waals surface area contributed by atoms with Crippen LogP contribution in [0.15, 0.2) is 60.8 Å². The Hall–Kier alpha value is -2.89. The van der Waals surface area contributed by atoms with E-state index in [1.165, 1.54) is 6.20 Å². The van der Waals surface area contributed by atoms with E-state index in [2.05, 4.69) is 10.3 Å². The van der Waals surface area contributed by atoms with Crippen LogP contribution < -0.4 is 5.32 Å². The number of halogens is 2. The molecule has 4 aromatic rings. The molecule has 0 saturated heterocycles. The molecule has 5 nitrogen and oxygen atoms in total. The zero-order valence-corrected chi connectivity index (χ0v) is 16.8. The minimum atomic E-state index is -0.319. The highest BCUT2D eigenvalue weighted by Crippen LogP contribution is 2.44. The van der Waals surface area contributed by atoms with E-state index in [0.717, 1.165) is 29.6 Å². The summed E-state index contributed by atoms with van der Waals surface area (Å²) in [5.41, 5.74) is 3.43. The summed E-state index contributed by atoms with van der Waals surface area (Å²) >= 11 is 12.6. The van der Waals surface area contributed by atoms with Crippen molar-refractivity contribution in [2.45, 2.75) is 18.8 Å². The maximum Gasteiger partial charge on any atom is 0.258 e. The SMILES string of the molecule is O=C(Nc1ccc(Cl)cc1)c1cnc2c(c(C3CC3)nn2-c2ccccc2)c1Cl. The average molecular weight is 423 g/mol. The molecule has 0 radical (unpaired) electrons. The van der Waals surface area contributed by atoms with Crippen molar-refractivity contribution in [1.29, 1.82) is 0 Å².